The number of aromatic nitrogens is 5. The Kier molecular flexibility index (Phi) is 5.09. The maximum atomic E-state index is 14.5. The molecule has 158 valence electrons. The largest absolute Gasteiger partial charge is 0.319 e. The molecule has 3 heterocycles. The van der Waals surface area contributed by atoms with E-state index < -0.39 is 5.82 Å². The van der Waals surface area contributed by atoms with E-state index in [0.717, 1.165) is 5.56 Å². The normalized spacial score (nSPS) is 10.9. The Morgan fingerprint density at radius 1 is 0.906 bits per heavy atom. The number of carbonyl (C=O) groups is 1. The summed E-state index contributed by atoms with van der Waals surface area (Å²) in [6, 6.07) is 19.9. The van der Waals surface area contributed by atoms with Gasteiger partial charge in [-0.3, -0.25) is 9.48 Å². The van der Waals surface area contributed by atoms with Crippen molar-refractivity contribution in [2.75, 3.05) is 5.32 Å². The third-order valence-corrected chi connectivity index (χ3v) is 5.00. The van der Waals surface area contributed by atoms with E-state index in [-0.39, 0.29) is 11.6 Å². The number of para-hydroxylation sites is 1. The third-order valence-electron chi connectivity index (χ3n) is 5.00. The summed E-state index contributed by atoms with van der Waals surface area (Å²) in [5.41, 5.74) is 2.23. The number of carbonyl (C=O) groups excluding carboxylic acids is 1. The highest BCUT2D eigenvalue weighted by molar-refractivity contribution is 6.06. The number of hydrogen-bond donors (Lipinski definition) is 1. The molecule has 7 nitrogen and oxygen atoms in total. The molecular formula is C24H19FN6O. The SMILES string of the molecule is O=C(Nc1cnn(Cc2ccccc2)c1)c1cnn(-c2ccccc2F)c1-n1cccc1. The van der Waals surface area contributed by atoms with Crippen molar-refractivity contribution >= 4 is 11.6 Å². The van der Waals surface area contributed by atoms with Gasteiger partial charge in [0, 0.05) is 18.6 Å². The number of rotatable bonds is 6. The van der Waals surface area contributed by atoms with Crippen molar-refractivity contribution in [3.8, 4) is 11.5 Å². The standard InChI is InChI=1S/C24H19FN6O/c25-21-10-4-5-11-22(21)31-24(29-12-6-7-13-29)20(15-27-31)23(32)28-19-14-26-30(17-19)16-18-8-2-1-3-9-18/h1-15,17H,16H2,(H,28,32). The minimum Gasteiger partial charge on any atom is -0.319 e. The van der Waals surface area contributed by atoms with Crippen LogP contribution in [-0.2, 0) is 6.54 Å². The quantitative estimate of drug-likeness (QED) is 0.440. The molecule has 0 aliphatic rings. The summed E-state index contributed by atoms with van der Waals surface area (Å²) in [6.45, 7) is 0.594. The number of nitrogens with zero attached hydrogens (tertiary/aromatic N) is 5. The van der Waals surface area contributed by atoms with Gasteiger partial charge in [0.05, 0.1) is 24.6 Å². The van der Waals surface area contributed by atoms with Gasteiger partial charge < -0.3 is 9.88 Å². The molecule has 0 saturated heterocycles. The van der Waals surface area contributed by atoms with Gasteiger partial charge in [-0.1, -0.05) is 42.5 Å². The molecule has 1 amide bonds. The minimum absolute atomic E-state index is 0.255. The van der Waals surface area contributed by atoms with Crippen LogP contribution in [0, 0.1) is 5.82 Å². The van der Waals surface area contributed by atoms with Crippen LogP contribution in [0.1, 0.15) is 15.9 Å². The molecule has 0 saturated carbocycles. The van der Waals surface area contributed by atoms with Gasteiger partial charge in [-0.2, -0.15) is 10.2 Å². The molecule has 0 aliphatic carbocycles. The van der Waals surface area contributed by atoms with Crippen LogP contribution in [0.3, 0.4) is 0 Å². The van der Waals surface area contributed by atoms with Crippen molar-refractivity contribution < 1.29 is 9.18 Å². The number of benzene rings is 2. The summed E-state index contributed by atoms with van der Waals surface area (Å²) in [7, 11) is 0. The van der Waals surface area contributed by atoms with Crippen molar-refractivity contribution in [1.29, 1.82) is 0 Å². The molecule has 2 aromatic carbocycles. The fraction of sp³-hybridized carbons (Fsp3) is 0.0417. The Morgan fingerprint density at radius 2 is 1.66 bits per heavy atom. The molecule has 0 aliphatic heterocycles. The smallest absolute Gasteiger partial charge is 0.261 e. The molecule has 0 bridgehead atoms. The second-order valence-electron chi connectivity index (χ2n) is 7.20. The predicted octanol–water partition coefficient (Wildman–Crippen LogP) is 4.30. The van der Waals surface area contributed by atoms with E-state index in [1.165, 1.54) is 16.9 Å². The van der Waals surface area contributed by atoms with Crippen LogP contribution in [0.2, 0.25) is 0 Å². The van der Waals surface area contributed by atoms with Gasteiger partial charge in [-0.25, -0.2) is 9.07 Å². The molecular weight excluding hydrogens is 407 g/mol. The van der Waals surface area contributed by atoms with E-state index in [1.54, 1.807) is 52.2 Å². The van der Waals surface area contributed by atoms with Crippen LogP contribution < -0.4 is 5.32 Å². The Balaban J connectivity index is 1.44. The lowest BCUT2D eigenvalue weighted by Crippen LogP contribution is -2.15. The first-order valence-electron chi connectivity index (χ1n) is 10.0. The van der Waals surface area contributed by atoms with Crippen molar-refractivity contribution in [2.45, 2.75) is 6.54 Å². The number of anilines is 1. The number of halogens is 1. The second kappa shape index (κ2) is 8.35. The van der Waals surface area contributed by atoms with Crippen LogP contribution in [0.5, 0.6) is 0 Å². The van der Waals surface area contributed by atoms with Crippen LogP contribution in [-0.4, -0.2) is 30.0 Å². The fourth-order valence-electron chi connectivity index (χ4n) is 3.51. The van der Waals surface area contributed by atoms with E-state index in [0.29, 0.717) is 23.6 Å². The molecule has 0 atom stereocenters. The summed E-state index contributed by atoms with van der Waals surface area (Å²) in [5, 5.41) is 11.5. The first kappa shape index (κ1) is 19.5. The van der Waals surface area contributed by atoms with E-state index >= 15 is 0 Å². The molecule has 32 heavy (non-hydrogen) atoms. The molecule has 0 spiro atoms. The molecule has 0 fully saturated rings. The lowest BCUT2D eigenvalue weighted by Gasteiger charge is -2.11. The van der Waals surface area contributed by atoms with Crippen molar-refractivity contribution in [1.82, 2.24) is 24.1 Å². The molecule has 5 rings (SSSR count). The maximum absolute atomic E-state index is 14.5. The van der Waals surface area contributed by atoms with E-state index in [9.17, 15) is 9.18 Å². The average Bonchev–Trinajstić information content (AvgIpc) is 3.55. The van der Waals surface area contributed by atoms with E-state index in [1.807, 2.05) is 42.5 Å². The Labute approximate surface area is 183 Å². The van der Waals surface area contributed by atoms with Crippen molar-refractivity contribution in [2.24, 2.45) is 0 Å². The lowest BCUT2D eigenvalue weighted by molar-refractivity contribution is 0.102. The summed E-state index contributed by atoms with van der Waals surface area (Å²) < 4.78 is 19.4. The second-order valence-corrected chi connectivity index (χ2v) is 7.20. The molecule has 8 heteroatoms. The molecule has 0 radical (unpaired) electrons. The molecule has 3 aromatic heterocycles. The highest BCUT2D eigenvalue weighted by Crippen LogP contribution is 2.22. The monoisotopic (exact) mass is 426 g/mol. The molecule has 0 unspecified atom stereocenters. The summed E-state index contributed by atoms with van der Waals surface area (Å²) in [4.78, 5) is 13.1. The van der Waals surface area contributed by atoms with Crippen molar-refractivity contribution in [3.63, 3.8) is 0 Å². The lowest BCUT2D eigenvalue weighted by atomic mass is 10.2. The van der Waals surface area contributed by atoms with E-state index in [2.05, 4.69) is 15.5 Å². The number of nitrogens with one attached hydrogen (secondary N) is 1. The Bertz CT molecular complexity index is 1350. The predicted molar refractivity (Wildman–Crippen MR) is 119 cm³/mol. The van der Waals surface area contributed by atoms with Gasteiger partial charge in [0.15, 0.2) is 5.82 Å². The first-order valence-corrected chi connectivity index (χ1v) is 10.0. The highest BCUT2D eigenvalue weighted by Gasteiger charge is 2.21. The topological polar surface area (TPSA) is 69.7 Å². The Hall–Kier alpha value is -4.46. The van der Waals surface area contributed by atoms with Gasteiger partial charge in [0.1, 0.15) is 17.1 Å². The van der Waals surface area contributed by atoms with Crippen LogP contribution in [0.4, 0.5) is 10.1 Å². The zero-order valence-electron chi connectivity index (χ0n) is 17.0. The zero-order valence-corrected chi connectivity index (χ0v) is 17.0. The summed E-state index contributed by atoms with van der Waals surface area (Å²) in [6.07, 6.45) is 8.36. The minimum atomic E-state index is -0.432. The van der Waals surface area contributed by atoms with E-state index in [4.69, 9.17) is 0 Å². The third kappa shape index (κ3) is 3.81. The van der Waals surface area contributed by atoms with Crippen LogP contribution in [0.15, 0.2) is 97.7 Å². The van der Waals surface area contributed by atoms with Gasteiger partial charge in [-0.15, -0.1) is 0 Å². The van der Waals surface area contributed by atoms with Crippen LogP contribution >= 0.6 is 0 Å². The number of amides is 1. The summed E-state index contributed by atoms with van der Waals surface area (Å²) >= 11 is 0. The molecule has 5 aromatic rings. The van der Waals surface area contributed by atoms with Gasteiger partial charge in [0.25, 0.3) is 5.91 Å². The molecule has 1 N–H and O–H groups in total. The Morgan fingerprint density at radius 3 is 2.44 bits per heavy atom. The van der Waals surface area contributed by atoms with Crippen LogP contribution in [0.25, 0.3) is 11.5 Å². The number of hydrogen-bond acceptors (Lipinski definition) is 3. The van der Waals surface area contributed by atoms with Gasteiger partial charge >= 0.3 is 0 Å². The highest BCUT2D eigenvalue weighted by atomic mass is 19.1. The first-order chi connectivity index (χ1) is 15.7. The van der Waals surface area contributed by atoms with Gasteiger partial charge in [0.2, 0.25) is 0 Å². The maximum Gasteiger partial charge on any atom is 0.261 e. The fourth-order valence-corrected chi connectivity index (χ4v) is 3.51. The van der Waals surface area contributed by atoms with Crippen molar-refractivity contribution in [3.05, 3.63) is 115 Å². The zero-order chi connectivity index (χ0) is 21.9. The average molecular weight is 426 g/mol. The summed E-state index contributed by atoms with van der Waals surface area (Å²) in [5.74, 6) is -0.358. The van der Waals surface area contributed by atoms with Gasteiger partial charge in [-0.05, 0) is 29.8 Å².